The van der Waals surface area contributed by atoms with Crippen LogP contribution in [-0.4, -0.2) is 84.7 Å². The van der Waals surface area contributed by atoms with Crippen molar-refractivity contribution in [2.75, 3.05) is 52.9 Å². The number of aliphatic imine (C=N–C) groups is 1. The van der Waals surface area contributed by atoms with Gasteiger partial charge in [-0.3, -0.25) is 14.8 Å². The summed E-state index contributed by atoms with van der Waals surface area (Å²) >= 11 is 0. The molecule has 0 aliphatic carbocycles. The lowest BCUT2D eigenvalue weighted by atomic mass is 10.0. The molecule has 3 heterocycles. The van der Waals surface area contributed by atoms with Gasteiger partial charge in [0, 0.05) is 58.4 Å². The number of hydrogen-bond acceptors (Lipinski definition) is 5. The number of piperidine rings is 1. The van der Waals surface area contributed by atoms with Gasteiger partial charge in [0.25, 0.3) is 0 Å². The zero-order valence-electron chi connectivity index (χ0n) is 17.5. The summed E-state index contributed by atoms with van der Waals surface area (Å²) in [5, 5.41) is 7.68. The van der Waals surface area contributed by atoms with Gasteiger partial charge in [0.15, 0.2) is 5.96 Å². The van der Waals surface area contributed by atoms with Crippen LogP contribution in [0.4, 0.5) is 0 Å². The Labute approximate surface area is 186 Å². The summed E-state index contributed by atoms with van der Waals surface area (Å²) in [6.07, 6.45) is 8.23. The quantitative estimate of drug-likeness (QED) is 0.350. The Morgan fingerprint density at radius 2 is 2.07 bits per heavy atom. The zero-order chi connectivity index (χ0) is 18.9. The van der Waals surface area contributed by atoms with Crippen LogP contribution in [-0.2, 0) is 6.54 Å². The van der Waals surface area contributed by atoms with Gasteiger partial charge in [-0.05, 0) is 32.4 Å². The molecule has 2 saturated heterocycles. The van der Waals surface area contributed by atoms with E-state index in [1.165, 1.54) is 45.2 Å². The van der Waals surface area contributed by atoms with E-state index in [4.69, 9.17) is 4.52 Å². The summed E-state index contributed by atoms with van der Waals surface area (Å²) in [4.78, 5) is 12.0. The molecule has 0 aromatic carbocycles. The molecule has 0 saturated carbocycles. The minimum atomic E-state index is 0. The van der Waals surface area contributed by atoms with Gasteiger partial charge in [-0.2, -0.15) is 0 Å². The summed E-state index contributed by atoms with van der Waals surface area (Å²) < 4.78 is 4.94. The van der Waals surface area contributed by atoms with Gasteiger partial charge >= 0.3 is 0 Å². The van der Waals surface area contributed by atoms with E-state index in [0.717, 1.165) is 50.9 Å². The van der Waals surface area contributed by atoms with E-state index in [9.17, 15) is 0 Å². The van der Waals surface area contributed by atoms with Crippen molar-refractivity contribution in [1.29, 1.82) is 0 Å². The first-order valence-electron chi connectivity index (χ1n) is 10.6. The van der Waals surface area contributed by atoms with Crippen molar-refractivity contribution in [3.05, 3.63) is 18.0 Å². The molecule has 1 unspecified atom stereocenters. The minimum Gasteiger partial charge on any atom is -0.364 e. The van der Waals surface area contributed by atoms with Gasteiger partial charge in [0.05, 0.1) is 5.69 Å². The Kier molecular flexibility index (Phi) is 10.6. The van der Waals surface area contributed by atoms with Gasteiger partial charge in [-0.25, -0.2) is 0 Å². The summed E-state index contributed by atoms with van der Waals surface area (Å²) in [7, 11) is 1.90. The number of nitrogens with one attached hydrogen (secondary N) is 1. The van der Waals surface area contributed by atoms with E-state index in [0.29, 0.717) is 6.04 Å². The smallest absolute Gasteiger partial charge is 0.193 e. The van der Waals surface area contributed by atoms with Gasteiger partial charge in [-0.1, -0.05) is 24.9 Å². The summed E-state index contributed by atoms with van der Waals surface area (Å²) in [5.74, 6) is 1.05. The van der Waals surface area contributed by atoms with Crippen molar-refractivity contribution in [1.82, 2.24) is 25.2 Å². The number of nitrogens with zero attached hydrogens (tertiary/aromatic N) is 5. The van der Waals surface area contributed by atoms with E-state index in [1.807, 2.05) is 13.1 Å². The Bertz CT molecular complexity index is 559. The van der Waals surface area contributed by atoms with Crippen molar-refractivity contribution in [2.24, 2.45) is 4.99 Å². The van der Waals surface area contributed by atoms with Crippen LogP contribution in [0.5, 0.6) is 0 Å². The third-order valence-electron chi connectivity index (χ3n) is 5.80. The Morgan fingerprint density at radius 3 is 2.75 bits per heavy atom. The number of aromatic nitrogens is 1. The van der Waals surface area contributed by atoms with Gasteiger partial charge in [0.2, 0.25) is 0 Å². The van der Waals surface area contributed by atoms with Crippen molar-refractivity contribution >= 4 is 29.9 Å². The summed E-state index contributed by atoms with van der Waals surface area (Å²) in [6.45, 7) is 10.7. The van der Waals surface area contributed by atoms with E-state index in [1.54, 1.807) is 6.26 Å². The molecule has 1 aromatic heterocycles. The number of halogens is 1. The summed E-state index contributed by atoms with van der Waals surface area (Å²) in [5.41, 5.74) is 1.01. The molecule has 2 fully saturated rings. The van der Waals surface area contributed by atoms with Crippen molar-refractivity contribution in [3.8, 4) is 0 Å². The maximum atomic E-state index is 4.94. The Hall–Kier alpha value is -0.870. The Morgan fingerprint density at radius 1 is 1.25 bits per heavy atom. The highest BCUT2D eigenvalue weighted by molar-refractivity contribution is 14.0. The predicted molar refractivity (Wildman–Crippen MR) is 124 cm³/mol. The third-order valence-corrected chi connectivity index (χ3v) is 5.80. The molecule has 0 amide bonds. The highest BCUT2D eigenvalue weighted by Crippen LogP contribution is 2.17. The van der Waals surface area contributed by atoms with Crippen LogP contribution in [0.25, 0.3) is 0 Å². The van der Waals surface area contributed by atoms with Crippen LogP contribution in [0, 0.1) is 0 Å². The van der Waals surface area contributed by atoms with Crippen LogP contribution in [0.15, 0.2) is 21.8 Å². The number of guanidine groups is 1. The lowest BCUT2D eigenvalue weighted by Crippen LogP contribution is -2.54. The first-order valence-corrected chi connectivity index (χ1v) is 10.6. The standard InChI is InChI=1S/C20H36N6O.HI/c1-3-4-9-25-10-6-5-7-19(25)16-22-20(21-2)26-13-11-24(12-14-26)17-18-8-15-27-23-18;/h8,15,19H,3-7,9-14,16-17H2,1-2H3,(H,21,22);1H. The molecule has 160 valence electrons. The van der Waals surface area contributed by atoms with Gasteiger partial charge in [-0.15, -0.1) is 24.0 Å². The van der Waals surface area contributed by atoms with Crippen LogP contribution >= 0.6 is 24.0 Å². The SMILES string of the molecule is CCCCN1CCCCC1CNC(=NC)N1CCN(Cc2ccon2)CC1.I. The maximum Gasteiger partial charge on any atom is 0.193 e. The van der Waals surface area contributed by atoms with E-state index < -0.39 is 0 Å². The number of likely N-dealkylation sites (tertiary alicyclic amines) is 1. The highest BCUT2D eigenvalue weighted by Gasteiger charge is 2.24. The molecule has 2 aliphatic heterocycles. The molecule has 0 bridgehead atoms. The van der Waals surface area contributed by atoms with Gasteiger partial charge in [0.1, 0.15) is 6.26 Å². The number of rotatable bonds is 7. The second kappa shape index (κ2) is 12.6. The molecule has 1 atom stereocenters. The number of hydrogen-bond donors (Lipinski definition) is 1. The molecule has 1 N–H and O–H groups in total. The normalized spacial score (nSPS) is 22.1. The highest BCUT2D eigenvalue weighted by atomic mass is 127. The van der Waals surface area contributed by atoms with E-state index in [-0.39, 0.29) is 24.0 Å². The third kappa shape index (κ3) is 6.88. The molecular formula is C20H37IN6O. The van der Waals surface area contributed by atoms with Crippen LogP contribution < -0.4 is 5.32 Å². The number of piperazine rings is 1. The molecule has 0 spiro atoms. The van der Waals surface area contributed by atoms with E-state index in [2.05, 4.69) is 37.1 Å². The van der Waals surface area contributed by atoms with Crippen LogP contribution in [0.1, 0.15) is 44.7 Å². The lowest BCUT2D eigenvalue weighted by Gasteiger charge is -2.39. The average molecular weight is 504 g/mol. The molecule has 1 aromatic rings. The lowest BCUT2D eigenvalue weighted by molar-refractivity contribution is 0.143. The molecule has 8 heteroatoms. The zero-order valence-corrected chi connectivity index (χ0v) is 19.8. The topological polar surface area (TPSA) is 60.1 Å². The first-order chi connectivity index (χ1) is 13.3. The first kappa shape index (κ1) is 23.4. The minimum absolute atomic E-state index is 0. The summed E-state index contributed by atoms with van der Waals surface area (Å²) in [6, 6.07) is 2.59. The average Bonchev–Trinajstić information content (AvgIpc) is 3.22. The molecule has 3 rings (SSSR count). The maximum absolute atomic E-state index is 4.94. The van der Waals surface area contributed by atoms with Crippen molar-refractivity contribution < 1.29 is 4.52 Å². The Balaban J connectivity index is 0.00000280. The fourth-order valence-electron chi connectivity index (χ4n) is 4.15. The fourth-order valence-corrected chi connectivity index (χ4v) is 4.15. The second-order valence-corrected chi connectivity index (χ2v) is 7.72. The van der Waals surface area contributed by atoms with Crippen molar-refractivity contribution in [2.45, 2.75) is 51.6 Å². The number of unbranched alkanes of at least 4 members (excludes halogenated alkanes) is 1. The fraction of sp³-hybridized carbons (Fsp3) is 0.800. The van der Waals surface area contributed by atoms with Gasteiger partial charge < -0.3 is 14.7 Å². The predicted octanol–water partition coefficient (Wildman–Crippen LogP) is 2.64. The van der Waals surface area contributed by atoms with Crippen molar-refractivity contribution in [3.63, 3.8) is 0 Å². The van der Waals surface area contributed by atoms with E-state index >= 15 is 0 Å². The molecular weight excluding hydrogens is 467 g/mol. The van der Waals surface area contributed by atoms with Crippen LogP contribution in [0.2, 0.25) is 0 Å². The molecule has 7 nitrogen and oxygen atoms in total. The molecule has 2 aliphatic rings. The van der Waals surface area contributed by atoms with Crippen LogP contribution in [0.3, 0.4) is 0 Å². The second-order valence-electron chi connectivity index (χ2n) is 7.72. The largest absolute Gasteiger partial charge is 0.364 e. The molecule has 28 heavy (non-hydrogen) atoms. The molecule has 0 radical (unpaired) electrons. The monoisotopic (exact) mass is 504 g/mol.